The molecule has 3 heterocycles. The van der Waals surface area contributed by atoms with Crippen LogP contribution in [0.4, 0.5) is 17.1 Å². The van der Waals surface area contributed by atoms with Crippen molar-refractivity contribution >= 4 is 103 Å². The molecule has 0 amide bonds. The Bertz CT molecular complexity index is 3500. The minimum atomic E-state index is 0.636. The number of furan rings is 1. The molecule has 0 atom stereocenters. The van der Waals surface area contributed by atoms with Crippen molar-refractivity contribution in [1.82, 2.24) is 4.98 Å². The smallest absolute Gasteiger partial charge is 0.228 e. The van der Waals surface area contributed by atoms with E-state index >= 15 is 0 Å². The van der Waals surface area contributed by atoms with Gasteiger partial charge in [-0.05, 0) is 87.9 Å². The molecule has 0 fully saturated rings. The number of nitrogens with zero attached hydrogens (tertiary/aromatic N) is 2. The van der Waals surface area contributed by atoms with Gasteiger partial charge < -0.3 is 13.7 Å². The second-order valence-electron chi connectivity index (χ2n) is 14.3. The van der Waals surface area contributed by atoms with Gasteiger partial charge in [-0.1, -0.05) is 115 Å². The van der Waals surface area contributed by atoms with Crippen LogP contribution in [0.2, 0.25) is 0 Å². The summed E-state index contributed by atoms with van der Waals surface area (Å²) < 4.78 is 15.4. The summed E-state index contributed by atoms with van der Waals surface area (Å²) in [5.74, 6) is 0.636. The molecule has 5 heteroatoms. The lowest BCUT2D eigenvalue weighted by Crippen LogP contribution is -2.09. The van der Waals surface area contributed by atoms with Crippen LogP contribution in [-0.2, 0) is 0 Å². The van der Waals surface area contributed by atoms with Gasteiger partial charge in [-0.25, -0.2) is 4.98 Å². The largest absolute Gasteiger partial charge is 0.456 e. The average molecular weight is 735 g/mol. The molecule has 0 saturated heterocycles. The monoisotopic (exact) mass is 734 g/mol. The van der Waals surface area contributed by atoms with E-state index < -0.39 is 0 Å². The second kappa shape index (κ2) is 12.2. The van der Waals surface area contributed by atoms with Crippen molar-refractivity contribution in [3.8, 4) is 22.6 Å². The molecule has 0 radical (unpaired) electrons. The Kier molecular flexibility index (Phi) is 6.76. The number of hydrogen-bond donors (Lipinski definition) is 0. The van der Waals surface area contributed by atoms with Gasteiger partial charge in [-0.15, -0.1) is 11.3 Å². The summed E-state index contributed by atoms with van der Waals surface area (Å²) in [6, 6.07) is 64.4. The van der Waals surface area contributed by atoms with Gasteiger partial charge in [0.1, 0.15) is 16.7 Å². The van der Waals surface area contributed by atoms with E-state index in [9.17, 15) is 0 Å². The molecule has 0 bridgehead atoms. The fourth-order valence-electron chi connectivity index (χ4n) is 8.48. The molecule has 4 nitrogen and oxygen atoms in total. The number of hydrogen-bond acceptors (Lipinski definition) is 5. The van der Waals surface area contributed by atoms with Gasteiger partial charge >= 0.3 is 0 Å². The van der Waals surface area contributed by atoms with E-state index in [0.717, 1.165) is 77.4 Å². The summed E-state index contributed by atoms with van der Waals surface area (Å²) in [6.45, 7) is 0. The van der Waals surface area contributed by atoms with E-state index in [2.05, 4.69) is 181 Å². The molecule has 12 aromatic rings. The van der Waals surface area contributed by atoms with E-state index in [4.69, 9.17) is 13.8 Å². The van der Waals surface area contributed by atoms with Gasteiger partial charge in [0.05, 0.1) is 0 Å². The van der Waals surface area contributed by atoms with Gasteiger partial charge in [0.15, 0.2) is 5.58 Å². The van der Waals surface area contributed by atoms with Crippen LogP contribution >= 0.6 is 11.3 Å². The molecule has 0 spiro atoms. The third-order valence-electron chi connectivity index (χ3n) is 11.1. The lowest BCUT2D eigenvalue weighted by molar-refractivity contribution is 0.621. The van der Waals surface area contributed by atoms with Crippen LogP contribution in [0.1, 0.15) is 0 Å². The molecular weight excluding hydrogens is 705 g/mol. The Labute approximate surface area is 325 Å². The molecule has 0 N–H and O–H groups in total. The van der Waals surface area contributed by atoms with Crippen LogP contribution < -0.4 is 4.90 Å². The topological polar surface area (TPSA) is 42.4 Å². The molecule has 3 aromatic heterocycles. The summed E-state index contributed by atoms with van der Waals surface area (Å²) in [6.07, 6.45) is 0. The molecule has 0 unspecified atom stereocenters. The Balaban J connectivity index is 1.04. The molecule has 56 heavy (non-hydrogen) atoms. The molecule has 262 valence electrons. The van der Waals surface area contributed by atoms with Crippen LogP contribution in [0.15, 0.2) is 191 Å². The van der Waals surface area contributed by atoms with Crippen molar-refractivity contribution in [2.75, 3.05) is 4.90 Å². The second-order valence-corrected chi connectivity index (χ2v) is 15.4. The fraction of sp³-hybridized carbons (Fsp3) is 0. The number of benzene rings is 9. The summed E-state index contributed by atoms with van der Waals surface area (Å²) in [5.41, 5.74) is 9.90. The normalized spacial score (nSPS) is 11.9. The van der Waals surface area contributed by atoms with E-state index in [0.29, 0.717) is 5.89 Å². The van der Waals surface area contributed by atoms with Crippen LogP contribution in [0.5, 0.6) is 0 Å². The molecule has 0 saturated carbocycles. The molecular formula is C51H30N2O2S. The predicted molar refractivity (Wildman–Crippen MR) is 235 cm³/mol. The summed E-state index contributed by atoms with van der Waals surface area (Å²) in [4.78, 5) is 7.43. The Morgan fingerprint density at radius 1 is 0.411 bits per heavy atom. The first kappa shape index (κ1) is 31.2. The minimum Gasteiger partial charge on any atom is -0.456 e. The third kappa shape index (κ3) is 4.81. The number of thiophene rings is 1. The summed E-state index contributed by atoms with van der Waals surface area (Å²) >= 11 is 1.79. The van der Waals surface area contributed by atoms with Crippen molar-refractivity contribution in [3.63, 3.8) is 0 Å². The maximum Gasteiger partial charge on any atom is 0.228 e. The van der Waals surface area contributed by atoms with Crippen molar-refractivity contribution in [3.05, 3.63) is 182 Å². The summed E-state index contributed by atoms with van der Waals surface area (Å²) in [7, 11) is 0. The van der Waals surface area contributed by atoms with Crippen LogP contribution in [-0.4, -0.2) is 4.98 Å². The maximum absolute atomic E-state index is 6.59. The highest BCUT2D eigenvalue weighted by molar-refractivity contribution is 7.26. The van der Waals surface area contributed by atoms with Crippen molar-refractivity contribution in [2.24, 2.45) is 0 Å². The Morgan fingerprint density at radius 2 is 1.11 bits per heavy atom. The molecule has 9 aromatic carbocycles. The third-order valence-corrected chi connectivity index (χ3v) is 12.2. The van der Waals surface area contributed by atoms with Crippen molar-refractivity contribution < 1.29 is 8.83 Å². The summed E-state index contributed by atoms with van der Waals surface area (Å²) in [5, 5.41) is 9.24. The average Bonchev–Trinajstić information content (AvgIpc) is 3.97. The number of aromatic nitrogens is 1. The SMILES string of the molecule is c1ccc(-c2cccc(N(c3ccc4c(c3)oc3ccc5ccccc5c34)c3ccc4c(c3)sc3cccc(-c5nc6c(ccc7ccccc76)o5)c34)c2)cc1. The lowest BCUT2D eigenvalue weighted by Gasteiger charge is -2.26. The standard InChI is InChI=1S/C51H30N2O2S/c1-2-10-31(11-3-1)34-14-8-15-35(28-34)53(36-22-24-40-45(29-36)54-43-26-20-32-12-4-6-16-38(32)48(40)43)37-23-25-41-47(30-37)56-46-19-9-18-42(49(41)46)51-52-50-39-17-7-5-13-33(39)21-27-44(50)55-51/h1-30H. The first-order valence-electron chi connectivity index (χ1n) is 18.8. The number of oxazole rings is 1. The molecule has 12 rings (SSSR count). The minimum absolute atomic E-state index is 0.636. The fourth-order valence-corrected chi connectivity index (χ4v) is 9.65. The number of fused-ring (bicyclic) bond motifs is 11. The van der Waals surface area contributed by atoms with Crippen LogP contribution in [0.3, 0.4) is 0 Å². The van der Waals surface area contributed by atoms with Gasteiger partial charge in [0.2, 0.25) is 5.89 Å². The highest BCUT2D eigenvalue weighted by Gasteiger charge is 2.21. The van der Waals surface area contributed by atoms with Crippen LogP contribution in [0.25, 0.3) is 97.3 Å². The van der Waals surface area contributed by atoms with Crippen LogP contribution in [0, 0.1) is 0 Å². The highest BCUT2D eigenvalue weighted by atomic mass is 32.1. The van der Waals surface area contributed by atoms with Crippen molar-refractivity contribution in [2.45, 2.75) is 0 Å². The highest BCUT2D eigenvalue weighted by Crippen LogP contribution is 2.46. The zero-order valence-corrected chi connectivity index (χ0v) is 30.8. The molecule has 0 aliphatic rings. The number of anilines is 3. The van der Waals surface area contributed by atoms with E-state index in [1.807, 2.05) is 6.07 Å². The lowest BCUT2D eigenvalue weighted by atomic mass is 10.0. The number of rotatable bonds is 5. The first-order valence-corrected chi connectivity index (χ1v) is 19.6. The zero-order chi connectivity index (χ0) is 36.7. The molecule has 0 aliphatic heterocycles. The van der Waals surface area contributed by atoms with Gasteiger partial charge in [-0.2, -0.15) is 0 Å². The van der Waals surface area contributed by atoms with E-state index in [1.165, 1.54) is 31.1 Å². The zero-order valence-electron chi connectivity index (χ0n) is 29.9. The van der Waals surface area contributed by atoms with E-state index in [-0.39, 0.29) is 0 Å². The molecule has 0 aliphatic carbocycles. The Hall–Kier alpha value is -7.21. The van der Waals surface area contributed by atoms with Gasteiger partial charge in [0.25, 0.3) is 0 Å². The quantitative estimate of drug-likeness (QED) is 0.177. The Morgan fingerprint density at radius 3 is 1.98 bits per heavy atom. The first-order chi connectivity index (χ1) is 27.7. The van der Waals surface area contributed by atoms with Gasteiger partial charge in [-0.3, -0.25) is 0 Å². The van der Waals surface area contributed by atoms with E-state index in [1.54, 1.807) is 11.3 Å². The maximum atomic E-state index is 6.59. The van der Waals surface area contributed by atoms with Gasteiger partial charge in [0, 0.05) is 65.0 Å². The predicted octanol–water partition coefficient (Wildman–Crippen LogP) is 15.2. The van der Waals surface area contributed by atoms with Crippen molar-refractivity contribution in [1.29, 1.82) is 0 Å².